The fraction of sp³-hybridized carbons (Fsp3) is 1.00. The van der Waals surface area contributed by atoms with Gasteiger partial charge in [0.15, 0.2) is 0 Å². The molecule has 0 amide bonds. The molecule has 1 rings (SSSR count). The summed E-state index contributed by atoms with van der Waals surface area (Å²) in [6.45, 7) is 6.88. The van der Waals surface area contributed by atoms with Crippen molar-refractivity contribution in [3.05, 3.63) is 0 Å². The van der Waals surface area contributed by atoms with E-state index in [1.807, 2.05) is 0 Å². The summed E-state index contributed by atoms with van der Waals surface area (Å²) in [4.78, 5) is 0. The first kappa shape index (κ1) is 15.3. The summed E-state index contributed by atoms with van der Waals surface area (Å²) in [6.07, 6.45) is 7.46. The number of aliphatic hydroxyl groups is 1. The predicted molar refractivity (Wildman–Crippen MR) is 77.7 cm³/mol. The van der Waals surface area contributed by atoms with Gasteiger partial charge in [0.1, 0.15) is 0 Å². The van der Waals surface area contributed by atoms with E-state index in [2.05, 4.69) is 37.8 Å². The summed E-state index contributed by atoms with van der Waals surface area (Å²) < 4.78 is 0. The molecule has 2 N–H and O–H groups in total. The molecule has 2 atom stereocenters. The van der Waals surface area contributed by atoms with Crippen LogP contribution in [0.2, 0.25) is 0 Å². The van der Waals surface area contributed by atoms with Crippen molar-refractivity contribution in [1.82, 2.24) is 5.32 Å². The number of unbranched alkanes of at least 4 members (excludes halogenated alkanes) is 1. The van der Waals surface area contributed by atoms with Crippen LogP contribution >= 0.6 is 11.8 Å². The van der Waals surface area contributed by atoms with Crippen molar-refractivity contribution in [1.29, 1.82) is 0 Å². The van der Waals surface area contributed by atoms with Gasteiger partial charge in [-0.1, -0.05) is 33.6 Å². The van der Waals surface area contributed by atoms with Crippen LogP contribution in [0, 0.1) is 0 Å². The van der Waals surface area contributed by atoms with Gasteiger partial charge in [-0.05, 0) is 31.4 Å². The zero-order chi connectivity index (χ0) is 12.7. The van der Waals surface area contributed by atoms with Gasteiger partial charge in [0.2, 0.25) is 0 Å². The molecule has 3 heteroatoms. The Morgan fingerprint density at radius 2 is 2.24 bits per heavy atom. The van der Waals surface area contributed by atoms with Crippen molar-refractivity contribution >= 4 is 11.8 Å². The summed E-state index contributed by atoms with van der Waals surface area (Å²) in [5, 5.41) is 14.1. The number of hydrogen-bond donors (Lipinski definition) is 2. The summed E-state index contributed by atoms with van der Waals surface area (Å²) in [7, 11) is 0. The number of thioether (sulfide) groups is 1. The van der Waals surface area contributed by atoms with Crippen LogP contribution in [-0.2, 0) is 0 Å². The molecule has 1 saturated carbocycles. The Kier molecular flexibility index (Phi) is 6.90. The van der Waals surface area contributed by atoms with Crippen molar-refractivity contribution in [2.45, 2.75) is 76.1 Å². The number of hydrogen-bond acceptors (Lipinski definition) is 3. The Labute approximate surface area is 111 Å². The van der Waals surface area contributed by atoms with Crippen molar-refractivity contribution in [2.75, 3.05) is 12.4 Å². The molecule has 0 heterocycles. The molecule has 0 radical (unpaired) electrons. The highest BCUT2D eigenvalue weighted by Crippen LogP contribution is 2.35. The van der Waals surface area contributed by atoms with Gasteiger partial charge in [0.25, 0.3) is 0 Å². The first-order valence-corrected chi connectivity index (χ1v) is 8.17. The maximum atomic E-state index is 9.71. The van der Waals surface area contributed by atoms with Gasteiger partial charge in [-0.3, -0.25) is 0 Å². The summed E-state index contributed by atoms with van der Waals surface area (Å²) >= 11 is 2.12. The molecule has 0 aromatic carbocycles. The quantitative estimate of drug-likeness (QED) is 0.689. The highest BCUT2D eigenvalue weighted by atomic mass is 32.2. The van der Waals surface area contributed by atoms with Crippen molar-refractivity contribution in [3.63, 3.8) is 0 Å². The second-order valence-electron chi connectivity index (χ2n) is 5.68. The van der Waals surface area contributed by atoms with Crippen LogP contribution in [0.3, 0.4) is 0 Å². The molecule has 0 aromatic rings. The molecule has 0 aliphatic heterocycles. The van der Waals surface area contributed by atoms with Crippen LogP contribution in [-0.4, -0.2) is 34.3 Å². The molecular formula is C14H29NOS. The second kappa shape index (κ2) is 7.65. The van der Waals surface area contributed by atoms with Gasteiger partial charge in [-0.2, -0.15) is 11.8 Å². The van der Waals surface area contributed by atoms with E-state index in [1.165, 1.54) is 31.4 Å². The van der Waals surface area contributed by atoms with Crippen LogP contribution in [0.4, 0.5) is 0 Å². The first-order valence-electron chi connectivity index (χ1n) is 7.12. The molecule has 1 aliphatic rings. The number of aliphatic hydroxyl groups excluding tert-OH is 1. The third-order valence-corrected chi connectivity index (χ3v) is 4.95. The second-order valence-corrected chi connectivity index (χ2v) is 7.09. The van der Waals surface area contributed by atoms with E-state index in [9.17, 15) is 5.11 Å². The van der Waals surface area contributed by atoms with E-state index < -0.39 is 0 Å². The third kappa shape index (κ3) is 5.19. The van der Waals surface area contributed by atoms with Crippen LogP contribution in [0.15, 0.2) is 0 Å². The largest absolute Gasteiger partial charge is 0.394 e. The van der Waals surface area contributed by atoms with Crippen LogP contribution in [0.1, 0.15) is 59.3 Å². The van der Waals surface area contributed by atoms with Gasteiger partial charge in [-0.15, -0.1) is 0 Å². The van der Waals surface area contributed by atoms with E-state index >= 15 is 0 Å². The topological polar surface area (TPSA) is 32.3 Å². The maximum Gasteiger partial charge on any atom is 0.0613 e. The Morgan fingerprint density at radius 3 is 2.82 bits per heavy atom. The molecular weight excluding hydrogens is 230 g/mol. The molecule has 0 aromatic heterocycles. The maximum absolute atomic E-state index is 9.71. The predicted octanol–water partition coefficient (Wildman–Crippen LogP) is 3.19. The minimum absolute atomic E-state index is 0.00367. The van der Waals surface area contributed by atoms with Crippen LogP contribution in [0.5, 0.6) is 0 Å². The lowest BCUT2D eigenvalue weighted by atomic mass is 9.81. The average molecular weight is 259 g/mol. The monoisotopic (exact) mass is 259 g/mol. The van der Waals surface area contributed by atoms with Gasteiger partial charge >= 0.3 is 0 Å². The van der Waals surface area contributed by atoms with Crippen molar-refractivity contribution in [3.8, 4) is 0 Å². The van der Waals surface area contributed by atoms with Crippen molar-refractivity contribution in [2.24, 2.45) is 0 Å². The van der Waals surface area contributed by atoms with Crippen molar-refractivity contribution < 1.29 is 5.11 Å². The minimum atomic E-state index is -0.00367. The van der Waals surface area contributed by atoms with E-state index in [1.54, 1.807) is 0 Å². The SMILES string of the molecule is CCCCSC1CCCC(CO)(NC(C)C)C1. The Balaban J connectivity index is 2.44. The summed E-state index contributed by atoms with van der Waals surface area (Å²) in [5.41, 5.74) is -0.00367. The average Bonchev–Trinajstić information content (AvgIpc) is 2.29. The zero-order valence-corrected chi connectivity index (χ0v) is 12.5. The molecule has 0 bridgehead atoms. The van der Waals surface area contributed by atoms with Gasteiger partial charge < -0.3 is 10.4 Å². The van der Waals surface area contributed by atoms with Crippen LogP contribution < -0.4 is 5.32 Å². The van der Waals surface area contributed by atoms with E-state index in [4.69, 9.17) is 0 Å². The van der Waals surface area contributed by atoms with E-state index in [-0.39, 0.29) is 12.1 Å². The van der Waals surface area contributed by atoms with E-state index in [0.29, 0.717) is 6.04 Å². The molecule has 2 nitrogen and oxygen atoms in total. The first-order chi connectivity index (χ1) is 8.12. The fourth-order valence-electron chi connectivity index (χ4n) is 2.78. The Bertz CT molecular complexity index is 210. The summed E-state index contributed by atoms with van der Waals surface area (Å²) in [6, 6.07) is 0.460. The Hall–Kier alpha value is 0.270. The molecule has 102 valence electrons. The van der Waals surface area contributed by atoms with E-state index in [0.717, 1.165) is 18.1 Å². The smallest absolute Gasteiger partial charge is 0.0613 e. The zero-order valence-electron chi connectivity index (χ0n) is 11.7. The molecule has 0 spiro atoms. The lowest BCUT2D eigenvalue weighted by Gasteiger charge is -2.41. The number of nitrogens with one attached hydrogen (secondary N) is 1. The normalized spacial score (nSPS) is 29.8. The minimum Gasteiger partial charge on any atom is -0.394 e. The highest BCUT2D eigenvalue weighted by Gasteiger charge is 2.36. The lowest BCUT2D eigenvalue weighted by Crippen LogP contribution is -2.54. The number of rotatable bonds is 7. The van der Waals surface area contributed by atoms with Gasteiger partial charge in [0.05, 0.1) is 6.61 Å². The molecule has 1 aliphatic carbocycles. The molecule has 2 unspecified atom stereocenters. The summed E-state index contributed by atoms with van der Waals surface area (Å²) in [5.74, 6) is 1.28. The lowest BCUT2D eigenvalue weighted by molar-refractivity contribution is 0.115. The molecule has 1 fully saturated rings. The third-order valence-electron chi connectivity index (χ3n) is 3.55. The molecule has 17 heavy (non-hydrogen) atoms. The Morgan fingerprint density at radius 1 is 1.47 bits per heavy atom. The van der Waals surface area contributed by atoms with Crippen LogP contribution in [0.25, 0.3) is 0 Å². The van der Waals surface area contributed by atoms with Gasteiger partial charge in [0, 0.05) is 16.8 Å². The molecule has 0 saturated heterocycles. The van der Waals surface area contributed by atoms with Gasteiger partial charge in [-0.25, -0.2) is 0 Å². The fourth-order valence-corrected chi connectivity index (χ4v) is 4.34. The standard InChI is InChI=1S/C14H29NOS/c1-4-5-9-17-13-7-6-8-14(10-13,11-16)15-12(2)3/h12-13,15-16H,4-11H2,1-3H3. The highest BCUT2D eigenvalue weighted by molar-refractivity contribution is 7.99.